The Hall–Kier alpha value is -0.650. The molecule has 0 aromatic rings. The molecule has 0 radical (unpaired) electrons. The number of ether oxygens (including phenoxy) is 3. The predicted octanol–water partition coefficient (Wildman–Crippen LogP) is 0.191. The lowest BCUT2D eigenvalue weighted by Gasteiger charge is -2.21. The average Bonchev–Trinajstić information content (AvgIpc) is 2.22. The normalized spacial score (nSPS) is 11.5. The Morgan fingerprint density at radius 1 is 1.20 bits per heavy atom. The van der Waals surface area contributed by atoms with Crippen LogP contribution in [0.2, 0.25) is 0 Å². The summed E-state index contributed by atoms with van der Waals surface area (Å²) in [5.74, 6) is -0.277. The lowest BCUT2D eigenvalue weighted by molar-refractivity contribution is -0.151. The fourth-order valence-corrected chi connectivity index (χ4v) is 0.720. The molecule has 0 spiro atoms. The number of hydrogen-bond donors (Lipinski definition) is 1. The van der Waals surface area contributed by atoms with Gasteiger partial charge in [0.1, 0.15) is 12.1 Å². The van der Waals surface area contributed by atoms with Gasteiger partial charge in [-0.25, -0.2) is 0 Å². The van der Waals surface area contributed by atoms with Crippen LogP contribution in [0.25, 0.3) is 0 Å². The van der Waals surface area contributed by atoms with E-state index >= 15 is 0 Å². The third kappa shape index (κ3) is 6.43. The van der Waals surface area contributed by atoms with E-state index < -0.39 is 5.54 Å². The molecular formula is C10H21NO4. The zero-order valence-corrected chi connectivity index (χ0v) is 9.96. The van der Waals surface area contributed by atoms with Crippen LogP contribution in [0.3, 0.4) is 0 Å². The smallest absolute Gasteiger partial charge is 0.325 e. The average molecular weight is 219 g/mol. The van der Waals surface area contributed by atoms with Crippen molar-refractivity contribution < 1.29 is 19.0 Å². The van der Waals surface area contributed by atoms with Crippen LogP contribution in [-0.4, -0.2) is 52.1 Å². The summed E-state index contributed by atoms with van der Waals surface area (Å²) in [6, 6.07) is 0. The molecule has 0 aromatic carbocycles. The Labute approximate surface area is 91.1 Å². The number of nitrogens with one attached hydrogen (secondary N) is 1. The molecule has 0 saturated carbocycles. The van der Waals surface area contributed by atoms with E-state index in [2.05, 4.69) is 5.32 Å². The maximum atomic E-state index is 11.4. The predicted molar refractivity (Wildman–Crippen MR) is 56.8 cm³/mol. The second kappa shape index (κ2) is 7.62. The Morgan fingerprint density at radius 2 is 1.80 bits per heavy atom. The molecule has 0 bridgehead atoms. The topological polar surface area (TPSA) is 56.8 Å². The maximum absolute atomic E-state index is 11.4. The molecule has 0 unspecified atom stereocenters. The van der Waals surface area contributed by atoms with Gasteiger partial charge in [-0.2, -0.15) is 0 Å². The number of likely N-dealkylation sites (N-methyl/N-ethyl adjacent to an activating group) is 1. The second-order valence-electron chi connectivity index (χ2n) is 3.62. The van der Waals surface area contributed by atoms with Gasteiger partial charge in [0.25, 0.3) is 0 Å². The van der Waals surface area contributed by atoms with Gasteiger partial charge in [-0.05, 0) is 20.9 Å². The SMILES string of the molecule is CNC(C)(C)C(=O)OCCOCCOC. The first-order chi connectivity index (χ1) is 7.04. The third-order valence-electron chi connectivity index (χ3n) is 2.03. The van der Waals surface area contributed by atoms with E-state index in [1.165, 1.54) is 0 Å². The second-order valence-corrected chi connectivity index (χ2v) is 3.62. The van der Waals surface area contributed by atoms with Crippen molar-refractivity contribution in [1.82, 2.24) is 5.32 Å². The highest BCUT2D eigenvalue weighted by atomic mass is 16.6. The van der Waals surface area contributed by atoms with Crippen LogP contribution in [0.4, 0.5) is 0 Å². The number of carbonyl (C=O) groups is 1. The number of hydrogen-bond acceptors (Lipinski definition) is 5. The number of esters is 1. The van der Waals surface area contributed by atoms with E-state index in [9.17, 15) is 4.79 Å². The fourth-order valence-electron chi connectivity index (χ4n) is 0.720. The molecular weight excluding hydrogens is 198 g/mol. The molecule has 1 N–H and O–H groups in total. The highest BCUT2D eigenvalue weighted by Gasteiger charge is 2.26. The van der Waals surface area contributed by atoms with Gasteiger partial charge in [0.2, 0.25) is 0 Å². The zero-order chi connectivity index (χ0) is 11.7. The van der Waals surface area contributed by atoms with Crippen LogP contribution in [0, 0.1) is 0 Å². The summed E-state index contributed by atoms with van der Waals surface area (Å²) in [4.78, 5) is 11.4. The summed E-state index contributed by atoms with van der Waals surface area (Å²) in [5, 5.41) is 2.87. The minimum absolute atomic E-state index is 0.271. The summed E-state index contributed by atoms with van der Waals surface area (Å²) in [6.07, 6.45) is 0. The van der Waals surface area contributed by atoms with Crippen molar-refractivity contribution in [2.24, 2.45) is 0 Å². The first-order valence-electron chi connectivity index (χ1n) is 4.97. The van der Waals surface area contributed by atoms with E-state index in [1.807, 2.05) is 0 Å². The van der Waals surface area contributed by atoms with Crippen molar-refractivity contribution in [3.8, 4) is 0 Å². The van der Waals surface area contributed by atoms with Gasteiger partial charge in [-0.3, -0.25) is 4.79 Å². The van der Waals surface area contributed by atoms with Crippen molar-refractivity contribution in [2.45, 2.75) is 19.4 Å². The van der Waals surface area contributed by atoms with Crippen molar-refractivity contribution in [3.05, 3.63) is 0 Å². The van der Waals surface area contributed by atoms with Gasteiger partial charge in [0, 0.05) is 7.11 Å². The molecule has 0 fully saturated rings. The summed E-state index contributed by atoms with van der Waals surface area (Å²) >= 11 is 0. The molecule has 5 nitrogen and oxygen atoms in total. The Morgan fingerprint density at radius 3 is 2.33 bits per heavy atom. The quantitative estimate of drug-likeness (QED) is 0.466. The Bertz CT molecular complexity index is 182. The molecule has 0 aromatic heterocycles. The monoisotopic (exact) mass is 219 g/mol. The van der Waals surface area contributed by atoms with E-state index in [4.69, 9.17) is 14.2 Å². The molecule has 0 atom stereocenters. The van der Waals surface area contributed by atoms with Crippen LogP contribution >= 0.6 is 0 Å². The van der Waals surface area contributed by atoms with Crippen LogP contribution in [0.1, 0.15) is 13.8 Å². The zero-order valence-electron chi connectivity index (χ0n) is 9.96. The van der Waals surface area contributed by atoms with Crippen LogP contribution < -0.4 is 5.32 Å². The lowest BCUT2D eigenvalue weighted by atomic mass is 10.1. The minimum atomic E-state index is -0.646. The van der Waals surface area contributed by atoms with Crippen LogP contribution in [0.15, 0.2) is 0 Å². The van der Waals surface area contributed by atoms with Gasteiger partial charge in [0.05, 0.1) is 19.8 Å². The van der Waals surface area contributed by atoms with E-state index in [0.29, 0.717) is 19.8 Å². The van der Waals surface area contributed by atoms with Gasteiger partial charge < -0.3 is 19.5 Å². The third-order valence-corrected chi connectivity index (χ3v) is 2.03. The molecule has 0 aliphatic rings. The first kappa shape index (κ1) is 14.3. The van der Waals surface area contributed by atoms with E-state index in [0.717, 1.165) is 0 Å². The molecule has 0 heterocycles. The van der Waals surface area contributed by atoms with E-state index in [-0.39, 0.29) is 12.6 Å². The van der Waals surface area contributed by atoms with Crippen molar-refractivity contribution in [3.63, 3.8) is 0 Å². The van der Waals surface area contributed by atoms with Gasteiger partial charge in [-0.15, -0.1) is 0 Å². The first-order valence-corrected chi connectivity index (χ1v) is 4.97. The summed E-state index contributed by atoms with van der Waals surface area (Å²) in [6.45, 7) is 5.27. The van der Waals surface area contributed by atoms with Crippen molar-refractivity contribution in [2.75, 3.05) is 40.6 Å². The highest BCUT2D eigenvalue weighted by molar-refractivity contribution is 5.79. The van der Waals surface area contributed by atoms with Crippen LogP contribution in [-0.2, 0) is 19.0 Å². The number of carbonyl (C=O) groups excluding carboxylic acids is 1. The summed E-state index contributed by atoms with van der Waals surface area (Å²) in [5.41, 5.74) is -0.646. The largest absolute Gasteiger partial charge is 0.462 e. The number of rotatable bonds is 8. The summed E-state index contributed by atoms with van der Waals surface area (Å²) < 4.78 is 15.0. The number of methoxy groups -OCH3 is 1. The van der Waals surface area contributed by atoms with Crippen molar-refractivity contribution >= 4 is 5.97 Å². The van der Waals surface area contributed by atoms with Crippen molar-refractivity contribution in [1.29, 1.82) is 0 Å². The Kier molecular flexibility index (Phi) is 7.29. The standard InChI is InChI=1S/C10H21NO4/c1-10(2,11-3)9(12)15-8-7-14-6-5-13-4/h11H,5-8H2,1-4H3. The Balaban J connectivity index is 3.47. The molecule has 0 aliphatic heterocycles. The van der Waals surface area contributed by atoms with Gasteiger partial charge >= 0.3 is 5.97 Å². The molecule has 15 heavy (non-hydrogen) atoms. The molecule has 5 heteroatoms. The maximum Gasteiger partial charge on any atom is 0.325 e. The minimum Gasteiger partial charge on any atom is -0.462 e. The van der Waals surface area contributed by atoms with Crippen LogP contribution in [0.5, 0.6) is 0 Å². The van der Waals surface area contributed by atoms with Gasteiger partial charge in [0.15, 0.2) is 0 Å². The molecule has 0 amide bonds. The molecule has 0 saturated heterocycles. The molecule has 0 aliphatic carbocycles. The highest BCUT2D eigenvalue weighted by Crippen LogP contribution is 2.03. The van der Waals surface area contributed by atoms with E-state index in [1.54, 1.807) is 28.0 Å². The molecule has 90 valence electrons. The molecule has 0 rings (SSSR count). The summed E-state index contributed by atoms with van der Waals surface area (Å²) in [7, 11) is 3.33. The van der Waals surface area contributed by atoms with Gasteiger partial charge in [-0.1, -0.05) is 0 Å². The fraction of sp³-hybridized carbons (Fsp3) is 0.900. The lowest BCUT2D eigenvalue weighted by Crippen LogP contribution is -2.45.